The summed E-state index contributed by atoms with van der Waals surface area (Å²) in [6, 6.07) is 8.98. The van der Waals surface area contributed by atoms with Gasteiger partial charge in [0, 0.05) is 29.2 Å². The Bertz CT molecular complexity index is 967. The molecular weight excluding hydrogens is 457 g/mol. The average molecular weight is 483 g/mol. The number of carbonyl (C=O) groups excluding carboxylic acids is 1. The first kappa shape index (κ1) is 25.7. The molecule has 172 valence electrons. The molecule has 0 aliphatic heterocycles. The van der Waals surface area contributed by atoms with Crippen molar-refractivity contribution in [1.29, 1.82) is 0 Å². The number of halogens is 4. The van der Waals surface area contributed by atoms with Crippen LogP contribution in [0.4, 0.5) is 14.5 Å². The molecule has 0 unspecified atom stereocenters. The molecule has 2 aromatic carbocycles. The molecule has 0 spiro atoms. The van der Waals surface area contributed by atoms with Crippen molar-refractivity contribution in [2.45, 2.75) is 25.7 Å². The Morgan fingerprint density at radius 3 is 2.53 bits per heavy atom. The van der Waals surface area contributed by atoms with Gasteiger partial charge in [-0.05, 0) is 55.4 Å². The Hall–Kier alpha value is -2.57. The number of rotatable bonds is 12. The van der Waals surface area contributed by atoms with E-state index in [-0.39, 0.29) is 22.9 Å². The molecular formula is C24H26Cl2F2N2O2. The number of nitrogens with one attached hydrogen (secondary N) is 1. The molecule has 2 aromatic rings. The molecule has 0 radical (unpaired) electrons. The summed E-state index contributed by atoms with van der Waals surface area (Å²) in [5, 5.41) is 3.32. The van der Waals surface area contributed by atoms with E-state index in [9.17, 15) is 13.6 Å². The lowest BCUT2D eigenvalue weighted by Crippen LogP contribution is -2.22. The molecule has 0 heterocycles. The monoisotopic (exact) mass is 482 g/mol. The van der Waals surface area contributed by atoms with E-state index in [0.717, 1.165) is 6.54 Å². The van der Waals surface area contributed by atoms with Crippen LogP contribution in [-0.2, 0) is 17.1 Å². The SMILES string of the molecule is C=CN(CC)CCOc1ccc(NC(=O)CCc2ccc(C(F)(F)C=C)cc2Cl)cc1Cl. The quantitative estimate of drug-likeness (QED) is 0.342. The van der Waals surface area contributed by atoms with Crippen molar-refractivity contribution in [3.63, 3.8) is 0 Å². The maximum absolute atomic E-state index is 13.7. The minimum Gasteiger partial charge on any atom is -0.490 e. The van der Waals surface area contributed by atoms with Crippen LogP contribution in [-0.4, -0.2) is 30.5 Å². The van der Waals surface area contributed by atoms with Crippen molar-refractivity contribution < 1.29 is 18.3 Å². The zero-order chi connectivity index (χ0) is 23.7. The van der Waals surface area contributed by atoms with E-state index in [4.69, 9.17) is 27.9 Å². The lowest BCUT2D eigenvalue weighted by Gasteiger charge is -2.18. The number of hydrogen-bond donors (Lipinski definition) is 1. The maximum Gasteiger partial charge on any atom is 0.291 e. The second kappa shape index (κ2) is 11.9. The lowest BCUT2D eigenvalue weighted by molar-refractivity contribution is -0.116. The molecule has 0 aromatic heterocycles. The van der Waals surface area contributed by atoms with E-state index in [0.29, 0.717) is 47.7 Å². The smallest absolute Gasteiger partial charge is 0.291 e. The lowest BCUT2D eigenvalue weighted by atomic mass is 10.0. The van der Waals surface area contributed by atoms with Gasteiger partial charge < -0.3 is 15.0 Å². The Morgan fingerprint density at radius 1 is 1.19 bits per heavy atom. The van der Waals surface area contributed by atoms with Gasteiger partial charge in [0.2, 0.25) is 5.91 Å². The van der Waals surface area contributed by atoms with Gasteiger partial charge in [-0.15, -0.1) is 0 Å². The summed E-state index contributed by atoms with van der Waals surface area (Å²) in [6.07, 6.45) is 2.74. The number of nitrogens with zero attached hydrogens (tertiary/aromatic N) is 1. The fraction of sp³-hybridized carbons (Fsp3) is 0.292. The van der Waals surface area contributed by atoms with E-state index in [1.807, 2.05) is 11.8 Å². The molecule has 1 N–H and O–H groups in total. The van der Waals surface area contributed by atoms with Gasteiger partial charge in [-0.2, -0.15) is 8.78 Å². The van der Waals surface area contributed by atoms with Crippen molar-refractivity contribution in [3.05, 3.63) is 83.0 Å². The maximum atomic E-state index is 13.7. The second-order valence-corrected chi connectivity index (χ2v) is 7.80. The first-order chi connectivity index (χ1) is 15.2. The zero-order valence-corrected chi connectivity index (χ0v) is 19.4. The highest BCUT2D eigenvalue weighted by molar-refractivity contribution is 6.32. The van der Waals surface area contributed by atoms with Gasteiger partial charge in [0.1, 0.15) is 12.4 Å². The zero-order valence-electron chi connectivity index (χ0n) is 17.8. The van der Waals surface area contributed by atoms with Crippen LogP contribution in [0.15, 0.2) is 61.8 Å². The van der Waals surface area contributed by atoms with Crippen LogP contribution < -0.4 is 10.1 Å². The Kier molecular flexibility index (Phi) is 9.54. The number of amides is 1. The molecule has 8 heteroatoms. The van der Waals surface area contributed by atoms with Crippen LogP contribution in [0, 0.1) is 0 Å². The van der Waals surface area contributed by atoms with Crippen molar-refractivity contribution in [1.82, 2.24) is 4.90 Å². The van der Waals surface area contributed by atoms with Crippen LogP contribution in [0.2, 0.25) is 10.0 Å². The number of hydrogen-bond acceptors (Lipinski definition) is 3. The molecule has 4 nitrogen and oxygen atoms in total. The second-order valence-electron chi connectivity index (χ2n) is 6.99. The number of benzene rings is 2. The molecule has 0 bridgehead atoms. The normalized spacial score (nSPS) is 11.0. The van der Waals surface area contributed by atoms with Gasteiger partial charge in [0.05, 0.1) is 11.6 Å². The summed E-state index contributed by atoms with van der Waals surface area (Å²) in [5.41, 5.74) is 0.892. The highest BCUT2D eigenvalue weighted by atomic mass is 35.5. The Labute approximate surface area is 197 Å². The predicted molar refractivity (Wildman–Crippen MR) is 127 cm³/mol. The van der Waals surface area contributed by atoms with E-state index in [1.54, 1.807) is 24.4 Å². The molecule has 32 heavy (non-hydrogen) atoms. The van der Waals surface area contributed by atoms with Crippen LogP contribution >= 0.6 is 23.2 Å². The molecule has 0 saturated heterocycles. The highest BCUT2D eigenvalue weighted by Crippen LogP contribution is 2.32. The topological polar surface area (TPSA) is 41.6 Å². The Balaban J connectivity index is 1.90. The summed E-state index contributed by atoms with van der Waals surface area (Å²) in [7, 11) is 0. The van der Waals surface area contributed by atoms with Gasteiger partial charge in [-0.1, -0.05) is 48.5 Å². The van der Waals surface area contributed by atoms with E-state index < -0.39 is 5.92 Å². The third kappa shape index (κ3) is 7.24. The number of likely N-dealkylation sites (N-methyl/N-ethyl adjacent to an activating group) is 1. The number of carbonyl (C=O) groups is 1. The molecule has 0 aliphatic rings. The Morgan fingerprint density at radius 2 is 1.94 bits per heavy atom. The number of anilines is 1. The van der Waals surface area contributed by atoms with Gasteiger partial charge in [0.25, 0.3) is 5.92 Å². The molecule has 1 amide bonds. The largest absolute Gasteiger partial charge is 0.490 e. The van der Waals surface area contributed by atoms with E-state index >= 15 is 0 Å². The number of allylic oxidation sites excluding steroid dienone is 1. The summed E-state index contributed by atoms with van der Waals surface area (Å²) < 4.78 is 33.1. The third-order valence-electron chi connectivity index (χ3n) is 4.83. The van der Waals surface area contributed by atoms with Gasteiger partial charge >= 0.3 is 0 Å². The predicted octanol–water partition coefficient (Wildman–Crippen LogP) is 6.69. The van der Waals surface area contributed by atoms with Gasteiger partial charge in [-0.3, -0.25) is 4.79 Å². The fourth-order valence-corrected chi connectivity index (χ4v) is 3.40. The standard InChI is InChI=1S/C24H26Cl2F2N2O2/c1-4-24(27,28)18-9-7-17(20(25)15-18)8-12-23(31)29-19-10-11-22(21(26)16-19)32-14-13-30(5-2)6-3/h4-5,7,9-11,15-16H,1-2,6,8,12-14H2,3H3,(H,29,31). The minimum absolute atomic E-state index is 0.126. The first-order valence-electron chi connectivity index (χ1n) is 10.1. The average Bonchev–Trinajstić information content (AvgIpc) is 2.77. The minimum atomic E-state index is -3.16. The van der Waals surface area contributed by atoms with Crippen molar-refractivity contribution in [3.8, 4) is 5.75 Å². The van der Waals surface area contributed by atoms with Crippen molar-refractivity contribution >= 4 is 34.8 Å². The summed E-state index contributed by atoms with van der Waals surface area (Å²) in [5.74, 6) is -2.89. The van der Waals surface area contributed by atoms with Gasteiger partial charge in [0.15, 0.2) is 0 Å². The van der Waals surface area contributed by atoms with Crippen LogP contribution in [0.1, 0.15) is 24.5 Å². The van der Waals surface area contributed by atoms with Crippen LogP contribution in [0.25, 0.3) is 0 Å². The van der Waals surface area contributed by atoms with Crippen LogP contribution in [0.3, 0.4) is 0 Å². The fourth-order valence-electron chi connectivity index (χ4n) is 2.89. The number of ether oxygens (including phenoxy) is 1. The van der Waals surface area contributed by atoms with E-state index in [2.05, 4.69) is 18.5 Å². The summed E-state index contributed by atoms with van der Waals surface area (Å²) >= 11 is 12.4. The molecule has 0 fully saturated rings. The molecule has 0 saturated carbocycles. The van der Waals surface area contributed by atoms with Crippen LogP contribution in [0.5, 0.6) is 5.75 Å². The molecule has 2 rings (SSSR count). The first-order valence-corrected chi connectivity index (χ1v) is 10.8. The number of aryl methyl sites for hydroxylation is 1. The van der Waals surface area contributed by atoms with Crippen molar-refractivity contribution in [2.75, 3.05) is 25.0 Å². The third-order valence-corrected chi connectivity index (χ3v) is 5.48. The number of alkyl halides is 2. The molecule has 0 aliphatic carbocycles. The van der Waals surface area contributed by atoms with E-state index in [1.165, 1.54) is 18.2 Å². The molecule has 0 atom stereocenters. The highest BCUT2D eigenvalue weighted by Gasteiger charge is 2.27. The van der Waals surface area contributed by atoms with Crippen molar-refractivity contribution in [2.24, 2.45) is 0 Å². The van der Waals surface area contributed by atoms with Gasteiger partial charge in [-0.25, -0.2) is 0 Å². The summed E-state index contributed by atoms with van der Waals surface area (Å²) in [4.78, 5) is 14.3. The summed E-state index contributed by atoms with van der Waals surface area (Å²) in [6.45, 7) is 10.9.